The van der Waals surface area contributed by atoms with Crippen molar-refractivity contribution >= 4 is 23.5 Å². The van der Waals surface area contributed by atoms with Gasteiger partial charge in [0.2, 0.25) is 0 Å². The molecule has 2 fully saturated rings. The second kappa shape index (κ2) is 12.8. The van der Waals surface area contributed by atoms with E-state index in [-0.39, 0.29) is 24.2 Å². The summed E-state index contributed by atoms with van der Waals surface area (Å²) in [6, 6.07) is 14.0. The fraction of sp³-hybridized carbons (Fsp3) is 0.562. The fourth-order valence-electron chi connectivity index (χ4n) is 6.40. The van der Waals surface area contributed by atoms with Crippen LogP contribution >= 0.6 is 11.6 Å². The van der Waals surface area contributed by atoms with Crippen LogP contribution in [0.5, 0.6) is 11.5 Å². The summed E-state index contributed by atoms with van der Waals surface area (Å²) >= 11 is 6.28. The Morgan fingerprint density at radius 2 is 1.75 bits per heavy atom. The molecule has 0 aromatic heterocycles. The molecule has 5 rings (SSSR count). The van der Waals surface area contributed by atoms with Gasteiger partial charge in [0.15, 0.2) is 0 Å². The summed E-state index contributed by atoms with van der Waals surface area (Å²) in [5, 5.41) is 0.680. The third-order valence-electron chi connectivity index (χ3n) is 8.35. The predicted octanol–water partition coefficient (Wildman–Crippen LogP) is 6.79. The van der Waals surface area contributed by atoms with Crippen molar-refractivity contribution < 1.29 is 14.3 Å². The molecule has 0 aliphatic carbocycles. The first kappa shape index (κ1) is 28.7. The molecular weight excluding hydrogens is 524 g/mol. The van der Waals surface area contributed by atoms with Gasteiger partial charge in [-0.3, -0.25) is 9.89 Å². The van der Waals surface area contributed by atoms with Crippen LogP contribution in [0.25, 0.3) is 0 Å². The third kappa shape index (κ3) is 6.10. The Labute approximate surface area is 244 Å². The Kier molecular flexibility index (Phi) is 9.21. The molecule has 0 saturated carbocycles. The van der Waals surface area contributed by atoms with Gasteiger partial charge in [-0.25, -0.2) is 4.79 Å². The van der Waals surface area contributed by atoms with Gasteiger partial charge in [0.25, 0.3) is 0 Å². The highest BCUT2D eigenvalue weighted by Gasteiger charge is 2.44. The van der Waals surface area contributed by atoms with Crippen molar-refractivity contribution in [3.8, 4) is 11.5 Å². The normalized spacial score (nSPS) is 22.2. The van der Waals surface area contributed by atoms with Crippen LogP contribution < -0.4 is 9.47 Å². The first-order valence-electron chi connectivity index (χ1n) is 14.9. The molecule has 3 aliphatic heterocycles. The van der Waals surface area contributed by atoms with E-state index in [2.05, 4.69) is 11.8 Å². The molecule has 2 atom stereocenters. The number of methoxy groups -OCH3 is 1. The molecule has 40 heavy (non-hydrogen) atoms. The highest BCUT2D eigenvalue weighted by Crippen LogP contribution is 2.40. The number of carbonyl (C=O) groups excluding carboxylic acids is 1. The number of hydrogen-bond acceptors (Lipinski definition) is 5. The number of rotatable bonds is 8. The predicted molar refractivity (Wildman–Crippen MR) is 161 cm³/mol. The van der Waals surface area contributed by atoms with Gasteiger partial charge in [0.05, 0.1) is 30.9 Å². The van der Waals surface area contributed by atoms with E-state index in [1.54, 1.807) is 7.11 Å². The summed E-state index contributed by atoms with van der Waals surface area (Å²) in [7, 11) is 1.65. The molecule has 2 saturated heterocycles. The van der Waals surface area contributed by atoms with E-state index < -0.39 is 0 Å². The molecule has 2 aromatic carbocycles. The van der Waals surface area contributed by atoms with E-state index in [9.17, 15) is 4.79 Å². The SMILES string of the molecule is CCCC1N=C(c2ccc(OC)cc2OC(C)C)N(C(=O)N2CCC(N3CCCC3)CC2)C1c1ccc(Cl)cc1. The zero-order valence-corrected chi connectivity index (χ0v) is 25.1. The first-order valence-corrected chi connectivity index (χ1v) is 15.3. The van der Waals surface area contributed by atoms with E-state index in [4.69, 9.17) is 26.1 Å². The molecule has 3 aliphatic rings. The van der Waals surface area contributed by atoms with Crippen molar-refractivity contribution in [1.82, 2.24) is 14.7 Å². The number of hydrogen-bond donors (Lipinski definition) is 0. The van der Waals surface area contributed by atoms with Crippen LogP contribution in [0.2, 0.25) is 5.02 Å². The highest BCUT2D eigenvalue weighted by molar-refractivity contribution is 6.30. The first-order chi connectivity index (χ1) is 19.4. The number of piperidine rings is 1. The minimum absolute atomic E-state index is 0.0171. The van der Waals surface area contributed by atoms with Gasteiger partial charge < -0.3 is 19.3 Å². The summed E-state index contributed by atoms with van der Waals surface area (Å²) in [6.07, 6.45) is 6.40. The van der Waals surface area contributed by atoms with Crippen molar-refractivity contribution in [2.45, 2.75) is 83.5 Å². The summed E-state index contributed by atoms with van der Waals surface area (Å²) < 4.78 is 11.8. The Morgan fingerprint density at radius 1 is 1.05 bits per heavy atom. The molecule has 8 heteroatoms. The summed E-state index contributed by atoms with van der Waals surface area (Å²) in [6.45, 7) is 10.1. The number of carbonyl (C=O) groups is 1. The quantitative estimate of drug-likeness (QED) is 0.353. The number of urea groups is 1. The molecule has 2 unspecified atom stereocenters. The smallest absolute Gasteiger partial charge is 0.326 e. The van der Waals surface area contributed by atoms with Crippen molar-refractivity contribution in [3.63, 3.8) is 0 Å². The van der Waals surface area contributed by atoms with Crippen LogP contribution in [0, 0.1) is 0 Å². The van der Waals surface area contributed by atoms with Gasteiger partial charge in [-0.1, -0.05) is 37.1 Å². The largest absolute Gasteiger partial charge is 0.497 e. The van der Waals surface area contributed by atoms with Crippen LogP contribution in [0.1, 0.15) is 76.5 Å². The minimum Gasteiger partial charge on any atom is -0.497 e. The van der Waals surface area contributed by atoms with Crippen LogP contribution in [0.4, 0.5) is 4.79 Å². The average molecular weight is 567 g/mol. The number of halogens is 1. The van der Waals surface area contributed by atoms with Crippen LogP contribution in [-0.4, -0.2) is 78.0 Å². The topological polar surface area (TPSA) is 57.6 Å². The van der Waals surface area contributed by atoms with Gasteiger partial charge in [0.1, 0.15) is 17.3 Å². The molecule has 0 spiro atoms. The zero-order valence-electron chi connectivity index (χ0n) is 24.3. The van der Waals surface area contributed by atoms with E-state index in [0.717, 1.165) is 49.9 Å². The second-order valence-electron chi connectivity index (χ2n) is 11.4. The van der Waals surface area contributed by atoms with E-state index in [1.165, 1.54) is 25.9 Å². The maximum absolute atomic E-state index is 14.5. The van der Waals surface area contributed by atoms with Gasteiger partial charge >= 0.3 is 6.03 Å². The fourth-order valence-corrected chi connectivity index (χ4v) is 6.53. The van der Waals surface area contributed by atoms with Crippen LogP contribution in [0.3, 0.4) is 0 Å². The number of amides is 2. The third-order valence-corrected chi connectivity index (χ3v) is 8.60. The number of ether oxygens (including phenoxy) is 2. The highest BCUT2D eigenvalue weighted by atomic mass is 35.5. The van der Waals surface area contributed by atoms with Crippen LogP contribution in [-0.2, 0) is 0 Å². The van der Waals surface area contributed by atoms with Gasteiger partial charge in [0, 0.05) is 30.2 Å². The number of aliphatic imine (C=N–C) groups is 1. The van der Waals surface area contributed by atoms with Crippen molar-refractivity contribution in [1.29, 1.82) is 0 Å². The minimum atomic E-state index is -0.218. The summed E-state index contributed by atoms with van der Waals surface area (Å²) in [5.74, 6) is 2.05. The zero-order chi connectivity index (χ0) is 28.2. The van der Waals surface area contributed by atoms with Gasteiger partial charge in [-0.15, -0.1) is 0 Å². The monoisotopic (exact) mass is 566 g/mol. The maximum atomic E-state index is 14.5. The Balaban J connectivity index is 1.52. The molecule has 0 N–H and O–H groups in total. The van der Waals surface area contributed by atoms with Gasteiger partial charge in [-0.2, -0.15) is 0 Å². The van der Waals surface area contributed by atoms with Crippen molar-refractivity contribution in [3.05, 3.63) is 58.6 Å². The lowest BCUT2D eigenvalue weighted by Gasteiger charge is -2.40. The number of likely N-dealkylation sites (tertiary alicyclic amines) is 2. The number of nitrogens with zero attached hydrogens (tertiary/aromatic N) is 4. The molecule has 0 radical (unpaired) electrons. The molecule has 2 aromatic rings. The molecule has 3 heterocycles. The van der Waals surface area contributed by atoms with Crippen molar-refractivity contribution in [2.24, 2.45) is 4.99 Å². The lowest BCUT2D eigenvalue weighted by atomic mass is 9.96. The van der Waals surface area contributed by atoms with E-state index in [1.807, 2.05) is 66.1 Å². The lowest BCUT2D eigenvalue weighted by Crippen LogP contribution is -2.52. The van der Waals surface area contributed by atoms with Crippen LogP contribution in [0.15, 0.2) is 47.5 Å². The Morgan fingerprint density at radius 3 is 2.38 bits per heavy atom. The molecule has 7 nitrogen and oxygen atoms in total. The summed E-state index contributed by atoms with van der Waals surface area (Å²) in [5.41, 5.74) is 1.86. The molecular formula is C32H43ClN4O3. The molecule has 216 valence electrons. The molecule has 0 bridgehead atoms. The lowest BCUT2D eigenvalue weighted by molar-refractivity contribution is 0.117. The van der Waals surface area contributed by atoms with Gasteiger partial charge in [-0.05, 0) is 88.9 Å². The number of amidine groups is 1. The number of benzene rings is 2. The van der Waals surface area contributed by atoms with Crippen molar-refractivity contribution in [2.75, 3.05) is 33.3 Å². The maximum Gasteiger partial charge on any atom is 0.326 e. The summed E-state index contributed by atoms with van der Waals surface area (Å²) in [4.78, 5) is 26.4. The van der Waals surface area contributed by atoms with E-state index in [0.29, 0.717) is 28.4 Å². The molecule has 2 amide bonds. The standard InChI is InChI=1S/C32H43ClN4O3/c1-5-8-28-30(23-9-11-24(33)12-10-23)37(32(38)36-19-15-25(16-20-36)35-17-6-7-18-35)31(34-28)27-14-13-26(39-4)21-29(27)40-22(2)3/h9-14,21-22,25,28,30H,5-8,15-20H2,1-4H3. The Bertz CT molecular complexity index is 1190. The Hall–Kier alpha value is -2.77. The van der Waals surface area contributed by atoms with E-state index >= 15 is 0 Å². The average Bonchev–Trinajstić information content (AvgIpc) is 3.62. The second-order valence-corrected chi connectivity index (χ2v) is 11.9.